The van der Waals surface area contributed by atoms with Crippen LogP contribution in [0.15, 0.2) is 0 Å². The topological polar surface area (TPSA) is 66.6 Å². The first-order chi connectivity index (χ1) is 8.42. The molecule has 2 unspecified atom stereocenters. The van der Waals surface area contributed by atoms with E-state index in [1.807, 2.05) is 0 Å². The molecule has 1 aliphatic carbocycles. The van der Waals surface area contributed by atoms with Gasteiger partial charge < -0.3 is 15.7 Å². The van der Waals surface area contributed by atoms with Crippen LogP contribution >= 0.6 is 0 Å². The molecule has 0 radical (unpaired) electrons. The van der Waals surface area contributed by atoms with Crippen molar-refractivity contribution in [2.45, 2.75) is 57.5 Å². The van der Waals surface area contributed by atoms with E-state index in [9.17, 15) is 4.79 Å². The first kappa shape index (κ1) is 13.8. The molecule has 18 heavy (non-hydrogen) atoms. The number of carboxylic acid groups (broad SMARTS) is 1. The summed E-state index contributed by atoms with van der Waals surface area (Å²) in [6.45, 7) is 6.82. The summed E-state index contributed by atoms with van der Waals surface area (Å²) < 4.78 is 0. The van der Waals surface area contributed by atoms with Crippen molar-refractivity contribution in [3.05, 3.63) is 0 Å². The molecule has 1 heterocycles. The number of hydrogen-bond donors (Lipinski definition) is 2. The molecule has 0 spiro atoms. The number of nitrogens with two attached hydrogens (primary N) is 1. The summed E-state index contributed by atoms with van der Waals surface area (Å²) in [6.07, 6.45) is 4.68. The summed E-state index contributed by atoms with van der Waals surface area (Å²) in [5.74, 6) is 0.773. The minimum atomic E-state index is -0.973. The minimum absolute atomic E-state index is 0.388. The number of hydrogen-bond acceptors (Lipinski definition) is 3. The van der Waals surface area contributed by atoms with Gasteiger partial charge in [0, 0.05) is 6.04 Å². The molecule has 0 aromatic rings. The lowest BCUT2D eigenvalue weighted by atomic mass is 9.86. The Morgan fingerprint density at radius 1 is 1.33 bits per heavy atom. The van der Waals surface area contributed by atoms with Crippen molar-refractivity contribution < 1.29 is 9.90 Å². The number of likely N-dealkylation sites (tertiary alicyclic amines) is 1. The Balaban J connectivity index is 1.87. The zero-order chi connectivity index (χ0) is 13.3. The van der Waals surface area contributed by atoms with Crippen LogP contribution in [0.3, 0.4) is 0 Å². The largest absolute Gasteiger partial charge is 0.480 e. The average Bonchev–Trinajstić information content (AvgIpc) is 2.73. The molecule has 0 aromatic heterocycles. The molecule has 104 valence electrons. The number of carboxylic acids is 1. The highest BCUT2D eigenvalue weighted by Crippen LogP contribution is 2.34. The summed E-state index contributed by atoms with van der Waals surface area (Å²) in [5, 5.41) is 9.16. The molecule has 2 atom stereocenters. The number of piperidine rings is 1. The van der Waals surface area contributed by atoms with Crippen molar-refractivity contribution in [3.8, 4) is 0 Å². The van der Waals surface area contributed by atoms with E-state index < -0.39 is 11.5 Å². The van der Waals surface area contributed by atoms with Crippen molar-refractivity contribution in [3.63, 3.8) is 0 Å². The van der Waals surface area contributed by atoms with Crippen LogP contribution in [0.5, 0.6) is 0 Å². The molecular weight excluding hydrogens is 228 g/mol. The quantitative estimate of drug-likeness (QED) is 0.804. The zero-order valence-electron chi connectivity index (χ0n) is 11.6. The molecular formula is C14H26N2O2. The molecule has 4 heteroatoms. The number of aliphatic carboxylic acids is 1. The van der Waals surface area contributed by atoms with Gasteiger partial charge in [0.05, 0.1) is 0 Å². The third-order valence-corrected chi connectivity index (χ3v) is 4.98. The predicted octanol–water partition coefficient (Wildman–Crippen LogP) is 1.69. The Labute approximate surface area is 110 Å². The van der Waals surface area contributed by atoms with E-state index in [1.54, 1.807) is 0 Å². The van der Waals surface area contributed by atoms with Crippen LogP contribution in [-0.4, -0.2) is 40.6 Å². The molecule has 2 rings (SSSR count). The monoisotopic (exact) mass is 254 g/mol. The molecule has 0 amide bonds. The molecule has 2 aliphatic rings. The summed E-state index contributed by atoms with van der Waals surface area (Å²) in [4.78, 5) is 13.6. The van der Waals surface area contributed by atoms with E-state index in [-0.39, 0.29) is 0 Å². The van der Waals surface area contributed by atoms with Crippen LogP contribution < -0.4 is 5.73 Å². The van der Waals surface area contributed by atoms with Gasteiger partial charge in [0.1, 0.15) is 5.54 Å². The van der Waals surface area contributed by atoms with Crippen LogP contribution in [0.2, 0.25) is 0 Å². The van der Waals surface area contributed by atoms with Gasteiger partial charge in [0.25, 0.3) is 0 Å². The molecule has 3 N–H and O–H groups in total. The van der Waals surface area contributed by atoms with Crippen molar-refractivity contribution >= 4 is 5.97 Å². The zero-order valence-corrected chi connectivity index (χ0v) is 11.6. The molecule has 2 fully saturated rings. The van der Waals surface area contributed by atoms with E-state index in [4.69, 9.17) is 10.8 Å². The van der Waals surface area contributed by atoms with Crippen LogP contribution in [-0.2, 0) is 4.79 Å². The smallest absolute Gasteiger partial charge is 0.323 e. The van der Waals surface area contributed by atoms with Crippen LogP contribution in [0.4, 0.5) is 0 Å². The van der Waals surface area contributed by atoms with Gasteiger partial charge in [-0.15, -0.1) is 0 Å². The second-order valence-electron chi connectivity index (χ2n) is 6.48. The second kappa shape index (κ2) is 5.17. The summed E-state index contributed by atoms with van der Waals surface area (Å²) >= 11 is 0. The van der Waals surface area contributed by atoms with E-state index in [1.165, 1.54) is 12.8 Å². The lowest BCUT2D eigenvalue weighted by Gasteiger charge is -2.37. The summed E-state index contributed by atoms with van der Waals surface area (Å²) in [5.41, 5.74) is 4.98. The lowest BCUT2D eigenvalue weighted by Crippen LogP contribution is -2.48. The Morgan fingerprint density at radius 2 is 1.94 bits per heavy atom. The maximum absolute atomic E-state index is 11.1. The molecule has 0 aromatic carbocycles. The standard InChI is InChI=1S/C14H26N2O2/c1-10(2)11-4-7-16(8-5-11)12-3-6-14(15,9-12)13(17)18/h10-12H,3-9,15H2,1-2H3,(H,17,18). The molecule has 0 bridgehead atoms. The van der Waals surface area contributed by atoms with Crippen molar-refractivity contribution in [2.75, 3.05) is 13.1 Å². The first-order valence-electron chi connectivity index (χ1n) is 7.19. The molecule has 1 saturated carbocycles. The van der Waals surface area contributed by atoms with E-state index in [0.29, 0.717) is 18.9 Å². The fraction of sp³-hybridized carbons (Fsp3) is 0.929. The Morgan fingerprint density at radius 3 is 2.39 bits per heavy atom. The SMILES string of the molecule is CC(C)C1CCN(C2CCC(N)(C(=O)O)C2)CC1. The minimum Gasteiger partial charge on any atom is -0.480 e. The average molecular weight is 254 g/mol. The maximum Gasteiger partial charge on any atom is 0.323 e. The third-order valence-electron chi connectivity index (χ3n) is 4.98. The van der Waals surface area contributed by atoms with E-state index in [2.05, 4.69) is 18.7 Å². The van der Waals surface area contributed by atoms with Gasteiger partial charge in [-0.1, -0.05) is 13.8 Å². The third kappa shape index (κ3) is 2.69. The highest BCUT2D eigenvalue weighted by molar-refractivity contribution is 5.79. The number of rotatable bonds is 3. The van der Waals surface area contributed by atoms with Gasteiger partial charge in [-0.05, 0) is 57.0 Å². The highest BCUT2D eigenvalue weighted by atomic mass is 16.4. The van der Waals surface area contributed by atoms with Crippen LogP contribution in [0, 0.1) is 11.8 Å². The molecule has 4 nitrogen and oxygen atoms in total. The van der Waals surface area contributed by atoms with Crippen molar-refractivity contribution in [2.24, 2.45) is 17.6 Å². The fourth-order valence-electron chi connectivity index (χ4n) is 3.51. The number of carbonyl (C=O) groups is 1. The van der Waals surface area contributed by atoms with Gasteiger partial charge in [-0.2, -0.15) is 0 Å². The van der Waals surface area contributed by atoms with Crippen LogP contribution in [0.25, 0.3) is 0 Å². The van der Waals surface area contributed by atoms with E-state index >= 15 is 0 Å². The molecule has 1 saturated heterocycles. The Hall–Kier alpha value is -0.610. The fourth-order valence-corrected chi connectivity index (χ4v) is 3.51. The first-order valence-corrected chi connectivity index (χ1v) is 7.19. The Bertz CT molecular complexity index is 311. The Kier molecular flexibility index (Phi) is 3.97. The predicted molar refractivity (Wildman–Crippen MR) is 71.3 cm³/mol. The number of nitrogens with zero attached hydrogens (tertiary/aromatic N) is 1. The summed E-state index contributed by atoms with van der Waals surface area (Å²) in [6, 6.07) is 0.388. The van der Waals surface area contributed by atoms with Gasteiger partial charge >= 0.3 is 5.97 Å². The second-order valence-corrected chi connectivity index (χ2v) is 6.48. The van der Waals surface area contributed by atoms with Gasteiger partial charge in [0.15, 0.2) is 0 Å². The normalized spacial score (nSPS) is 35.2. The maximum atomic E-state index is 11.1. The van der Waals surface area contributed by atoms with Crippen molar-refractivity contribution in [1.29, 1.82) is 0 Å². The van der Waals surface area contributed by atoms with Gasteiger partial charge in [-0.3, -0.25) is 4.79 Å². The van der Waals surface area contributed by atoms with Gasteiger partial charge in [0.2, 0.25) is 0 Å². The van der Waals surface area contributed by atoms with Crippen molar-refractivity contribution in [1.82, 2.24) is 4.90 Å². The van der Waals surface area contributed by atoms with Crippen LogP contribution in [0.1, 0.15) is 46.0 Å². The summed E-state index contributed by atoms with van der Waals surface area (Å²) in [7, 11) is 0. The van der Waals surface area contributed by atoms with E-state index in [0.717, 1.165) is 31.3 Å². The lowest BCUT2D eigenvalue weighted by molar-refractivity contribution is -0.143. The highest BCUT2D eigenvalue weighted by Gasteiger charge is 2.44. The molecule has 1 aliphatic heterocycles. The van der Waals surface area contributed by atoms with Gasteiger partial charge in [-0.25, -0.2) is 0 Å².